The second-order valence-corrected chi connectivity index (χ2v) is 9.10. The number of benzene rings is 1. The monoisotopic (exact) mass is 466 g/mol. The van der Waals surface area contributed by atoms with Crippen molar-refractivity contribution in [3.63, 3.8) is 0 Å². The molecule has 0 radical (unpaired) electrons. The van der Waals surface area contributed by atoms with Crippen LogP contribution in [0.15, 0.2) is 73.2 Å². The molecule has 1 aromatic carbocycles. The normalized spacial score (nSPS) is 16.1. The van der Waals surface area contributed by atoms with Crippen molar-refractivity contribution in [2.75, 3.05) is 13.1 Å². The van der Waals surface area contributed by atoms with E-state index in [1.807, 2.05) is 86.9 Å². The Morgan fingerprint density at radius 1 is 1.06 bits per heavy atom. The maximum atomic E-state index is 13.4. The van der Waals surface area contributed by atoms with Gasteiger partial charge in [-0.05, 0) is 61.7 Å². The Kier molecular flexibility index (Phi) is 5.41. The molecule has 4 aromatic heterocycles. The molecular weight excluding hydrogens is 440 g/mol. The van der Waals surface area contributed by atoms with Gasteiger partial charge in [0.2, 0.25) is 0 Å². The fourth-order valence-corrected chi connectivity index (χ4v) is 4.79. The number of pyridine rings is 2. The molecule has 0 saturated carbocycles. The first-order valence-electron chi connectivity index (χ1n) is 11.9. The lowest BCUT2D eigenvalue weighted by Crippen LogP contribution is -2.39. The molecule has 176 valence electrons. The van der Waals surface area contributed by atoms with Crippen LogP contribution in [-0.2, 0) is 6.61 Å². The minimum absolute atomic E-state index is 0.0113. The number of amides is 1. The molecule has 6 rings (SSSR count). The summed E-state index contributed by atoms with van der Waals surface area (Å²) in [5.74, 6) is 1.74. The molecule has 0 N–H and O–H groups in total. The van der Waals surface area contributed by atoms with Gasteiger partial charge in [-0.15, -0.1) is 10.2 Å². The molecular formula is C27H26N6O2. The summed E-state index contributed by atoms with van der Waals surface area (Å²) >= 11 is 0. The van der Waals surface area contributed by atoms with E-state index in [-0.39, 0.29) is 11.8 Å². The average Bonchev–Trinajstić information content (AvgIpc) is 3.51. The van der Waals surface area contributed by atoms with Crippen molar-refractivity contribution >= 4 is 17.2 Å². The average molecular weight is 467 g/mol. The van der Waals surface area contributed by atoms with E-state index in [1.54, 1.807) is 0 Å². The van der Waals surface area contributed by atoms with Gasteiger partial charge in [0.25, 0.3) is 5.91 Å². The first kappa shape index (κ1) is 21.3. The lowest BCUT2D eigenvalue weighted by atomic mass is 9.96. The van der Waals surface area contributed by atoms with Gasteiger partial charge < -0.3 is 14.0 Å². The van der Waals surface area contributed by atoms with Crippen molar-refractivity contribution in [2.45, 2.75) is 32.3 Å². The molecule has 8 heteroatoms. The van der Waals surface area contributed by atoms with E-state index in [0.29, 0.717) is 24.5 Å². The fourth-order valence-electron chi connectivity index (χ4n) is 4.79. The summed E-state index contributed by atoms with van der Waals surface area (Å²) in [4.78, 5) is 19.9. The molecule has 0 bridgehead atoms. The Morgan fingerprint density at radius 2 is 2.00 bits per heavy atom. The zero-order valence-electron chi connectivity index (χ0n) is 19.5. The van der Waals surface area contributed by atoms with Gasteiger partial charge in [0, 0.05) is 43.2 Å². The van der Waals surface area contributed by atoms with Crippen LogP contribution in [-0.4, -0.2) is 47.9 Å². The Bertz CT molecular complexity index is 1520. The van der Waals surface area contributed by atoms with Gasteiger partial charge in [-0.3, -0.25) is 9.20 Å². The van der Waals surface area contributed by atoms with Crippen molar-refractivity contribution in [1.29, 1.82) is 0 Å². The summed E-state index contributed by atoms with van der Waals surface area (Å²) in [5, 5.41) is 8.70. The second kappa shape index (κ2) is 8.87. The molecule has 1 fully saturated rings. The lowest BCUT2D eigenvalue weighted by molar-refractivity contribution is 0.0703. The second-order valence-electron chi connectivity index (χ2n) is 9.10. The van der Waals surface area contributed by atoms with Crippen LogP contribution in [0.3, 0.4) is 0 Å². The van der Waals surface area contributed by atoms with Crippen LogP contribution in [0.1, 0.15) is 46.2 Å². The molecule has 1 aliphatic heterocycles. The number of carbonyl (C=O) groups is 1. The molecule has 1 atom stereocenters. The van der Waals surface area contributed by atoms with Crippen molar-refractivity contribution < 1.29 is 9.53 Å². The molecule has 5 aromatic rings. The SMILES string of the molecule is Cc1ccc2nc(COc3cccc(C(=O)N4CCCC(c5nnc6ccccn56)C4)c3)cn2c1. The molecule has 8 nitrogen and oxygen atoms in total. The highest BCUT2D eigenvalue weighted by atomic mass is 16.5. The maximum absolute atomic E-state index is 13.4. The van der Waals surface area contributed by atoms with E-state index in [9.17, 15) is 4.79 Å². The van der Waals surface area contributed by atoms with Crippen LogP contribution >= 0.6 is 0 Å². The predicted octanol–water partition coefficient (Wildman–Crippen LogP) is 4.28. The summed E-state index contributed by atoms with van der Waals surface area (Å²) < 4.78 is 10.0. The van der Waals surface area contributed by atoms with Crippen LogP contribution in [0.25, 0.3) is 11.3 Å². The number of carbonyl (C=O) groups excluding carboxylic acids is 1. The Morgan fingerprint density at radius 3 is 2.94 bits per heavy atom. The first-order valence-corrected chi connectivity index (χ1v) is 11.9. The predicted molar refractivity (Wildman–Crippen MR) is 132 cm³/mol. The maximum Gasteiger partial charge on any atom is 0.254 e. The number of ether oxygens (including phenoxy) is 1. The van der Waals surface area contributed by atoms with Gasteiger partial charge in [-0.2, -0.15) is 0 Å². The number of hydrogen-bond acceptors (Lipinski definition) is 5. The van der Waals surface area contributed by atoms with Crippen LogP contribution in [0.4, 0.5) is 0 Å². The molecule has 0 aliphatic carbocycles. The molecule has 1 amide bonds. The third kappa shape index (κ3) is 4.23. The summed E-state index contributed by atoms with van der Waals surface area (Å²) in [6.45, 7) is 3.75. The highest BCUT2D eigenvalue weighted by molar-refractivity contribution is 5.94. The van der Waals surface area contributed by atoms with Crippen LogP contribution < -0.4 is 4.74 Å². The lowest BCUT2D eigenvalue weighted by Gasteiger charge is -2.32. The highest BCUT2D eigenvalue weighted by Gasteiger charge is 2.28. The zero-order chi connectivity index (χ0) is 23.8. The van der Waals surface area contributed by atoms with E-state index in [4.69, 9.17) is 4.74 Å². The van der Waals surface area contributed by atoms with Crippen molar-refractivity contribution in [3.05, 3.63) is 95.8 Å². The van der Waals surface area contributed by atoms with Crippen LogP contribution in [0.2, 0.25) is 0 Å². The number of likely N-dealkylation sites (tertiary alicyclic amines) is 1. The van der Waals surface area contributed by atoms with E-state index in [2.05, 4.69) is 22.1 Å². The number of aryl methyl sites for hydroxylation is 1. The van der Waals surface area contributed by atoms with E-state index >= 15 is 0 Å². The van der Waals surface area contributed by atoms with Gasteiger partial charge in [-0.1, -0.05) is 18.2 Å². The third-order valence-corrected chi connectivity index (χ3v) is 6.53. The molecule has 1 unspecified atom stereocenters. The zero-order valence-corrected chi connectivity index (χ0v) is 19.5. The third-order valence-electron chi connectivity index (χ3n) is 6.53. The molecule has 1 aliphatic rings. The largest absolute Gasteiger partial charge is 0.487 e. The smallest absolute Gasteiger partial charge is 0.254 e. The summed E-state index contributed by atoms with van der Waals surface area (Å²) in [5.41, 5.74) is 4.35. The van der Waals surface area contributed by atoms with E-state index < -0.39 is 0 Å². The van der Waals surface area contributed by atoms with Gasteiger partial charge in [0.05, 0.1) is 5.69 Å². The summed E-state index contributed by atoms with van der Waals surface area (Å²) in [6, 6.07) is 17.3. The highest BCUT2D eigenvalue weighted by Crippen LogP contribution is 2.27. The van der Waals surface area contributed by atoms with Crippen molar-refractivity contribution in [3.8, 4) is 5.75 Å². The fraction of sp³-hybridized carbons (Fsp3) is 0.259. The number of imidazole rings is 1. The first-order chi connectivity index (χ1) is 17.1. The number of rotatable bonds is 5. The minimum atomic E-state index is 0.0113. The van der Waals surface area contributed by atoms with Crippen molar-refractivity contribution in [2.24, 2.45) is 0 Å². The number of fused-ring (bicyclic) bond motifs is 2. The van der Waals surface area contributed by atoms with Gasteiger partial charge in [0.1, 0.15) is 23.8 Å². The Labute approximate surface area is 202 Å². The van der Waals surface area contributed by atoms with Gasteiger partial charge >= 0.3 is 0 Å². The minimum Gasteiger partial charge on any atom is -0.487 e. The Hall–Kier alpha value is -4.20. The van der Waals surface area contributed by atoms with Crippen molar-refractivity contribution in [1.82, 2.24) is 28.9 Å². The number of piperidine rings is 1. The quantitative estimate of drug-likeness (QED) is 0.386. The molecule has 5 heterocycles. The van der Waals surface area contributed by atoms with Crippen LogP contribution in [0.5, 0.6) is 5.75 Å². The summed E-state index contributed by atoms with van der Waals surface area (Å²) in [7, 11) is 0. The number of nitrogens with zero attached hydrogens (tertiary/aromatic N) is 6. The molecule has 35 heavy (non-hydrogen) atoms. The topological polar surface area (TPSA) is 77.0 Å². The van der Waals surface area contributed by atoms with Gasteiger partial charge in [0.15, 0.2) is 5.65 Å². The van der Waals surface area contributed by atoms with E-state index in [1.165, 1.54) is 5.56 Å². The molecule has 0 spiro atoms. The van der Waals surface area contributed by atoms with Crippen LogP contribution in [0, 0.1) is 6.92 Å². The van der Waals surface area contributed by atoms with E-state index in [0.717, 1.165) is 42.2 Å². The number of aromatic nitrogens is 5. The number of hydrogen-bond donors (Lipinski definition) is 0. The molecule has 1 saturated heterocycles. The summed E-state index contributed by atoms with van der Waals surface area (Å²) in [6.07, 6.45) is 7.91. The Balaban J connectivity index is 1.15. The standard InChI is InChI=1S/C27H26N6O2/c1-19-10-11-24-28-22(17-32(24)15-19)18-35-23-8-4-6-20(14-23)27(34)31-12-5-7-21(16-31)26-30-29-25-9-2-3-13-33(25)26/h2-4,6,8-11,13-15,17,21H,5,7,12,16,18H2,1H3. The van der Waals surface area contributed by atoms with Gasteiger partial charge in [-0.25, -0.2) is 4.98 Å².